The van der Waals surface area contributed by atoms with Crippen LogP contribution in [0.2, 0.25) is 0 Å². The highest BCUT2D eigenvalue weighted by atomic mass is 79.9. The van der Waals surface area contributed by atoms with Crippen molar-refractivity contribution in [2.24, 2.45) is 0 Å². The van der Waals surface area contributed by atoms with Gasteiger partial charge in [-0.2, -0.15) is 0 Å². The van der Waals surface area contributed by atoms with Crippen molar-refractivity contribution >= 4 is 21.7 Å². The molecule has 0 saturated heterocycles. The molecule has 2 aliphatic carbocycles. The molecule has 0 amide bonds. The Balaban J connectivity index is 2.54. The van der Waals surface area contributed by atoms with E-state index >= 15 is 0 Å². The van der Waals surface area contributed by atoms with Crippen LogP contribution in [0.3, 0.4) is 0 Å². The number of carbonyl (C=O) groups is 1. The second kappa shape index (κ2) is 2.80. The molecular weight excluding hydrogens is 223 g/mol. The maximum atomic E-state index is 13.2. The fraction of sp³-hybridized carbons (Fsp3) is 0.444. The molecule has 2 aliphatic rings. The van der Waals surface area contributed by atoms with Gasteiger partial charge in [-0.05, 0) is 22.9 Å². The van der Waals surface area contributed by atoms with E-state index in [1.54, 1.807) is 0 Å². The van der Waals surface area contributed by atoms with Gasteiger partial charge in [0, 0.05) is 12.8 Å². The van der Waals surface area contributed by atoms with Gasteiger partial charge in [-0.1, -0.05) is 15.9 Å². The minimum absolute atomic E-state index is 0.0286. The van der Waals surface area contributed by atoms with Crippen molar-refractivity contribution in [1.29, 1.82) is 0 Å². The van der Waals surface area contributed by atoms with Crippen LogP contribution in [0, 0.1) is 0 Å². The molecule has 0 unspecified atom stereocenters. The van der Waals surface area contributed by atoms with Crippen LogP contribution < -0.4 is 0 Å². The number of halogens is 2. The molecular formula is C9H8BrFO. The normalized spacial score (nSPS) is 23.7. The molecule has 0 N–H and O–H groups in total. The summed E-state index contributed by atoms with van der Waals surface area (Å²) in [6.07, 6.45) is 2.28. The van der Waals surface area contributed by atoms with Crippen molar-refractivity contribution in [2.75, 3.05) is 0 Å². The van der Waals surface area contributed by atoms with Gasteiger partial charge in [0.1, 0.15) is 5.83 Å². The van der Waals surface area contributed by atoms with E-state index in [-0.39, 0.29) is 11.6 Å². The lowest BCUT2D eigenvalue weighted by atomic mass is 9.99. The average molecular weight is 231 g/mol. The van der Waals surface area contributed by atoms with Gasteiger partial charge < -0.3 is 0 Å². The number of rotatable bonds is 0. The lowest BCUT2D eigenvalue weighted by Gasteiger charge is -2.12. The highest BCUT2D eigenvalue weighted by Gasteiger charge is 2.31. The third-order valence-corrected chi connectivity index (χ3v) is 3.22. The molecule has 2 rings (SSSR count). The molecule has 1 saturated carbocycles. The minimum Gasteiger partial charge on any atom is -0.294 e. The molecule has 0 heterocycles. The Morgan fingerprint density at radius 1 is 1.17 bits per heavy atom. The summed E-state index contributed by atoms with van der Waals surface area (Å²) in [4.78, 5) is 11.2. The van der Waals surface area contributed by atoms with Crippen LogP contribution in [0.1, 0.15) is 25.7 Å². The highest BCUT2D eigenvalue weighted by Crippen LogP contribution is 2.41. The molecule has 0 spiro atoms. The van der Waals surface area contributed by atoms with Gasteiger partial charge in [-0.15, -0.1) is 0 Å². The van der Waals surface area contributed by atoms with Crippen LogP contribution in [-0.2, 0) is 4.79 Å². The highest BCUT2D eigenvalue weighted by molar-refractivity contribution is 9.11. The molecule has 0 aromatic heterocycles. The van der Waals surface area contributed by atoms with Crippen LogP contribution in [0.15, 0.2) is 21.5 Å². The van der Waals surface area contributed by atoms with Gasteiger partial charge in [0.25, 0.3) is 0 Å². The average Bonchev–Trinajstić information content (AvgIpc) is 2.42. The van der Waals surface area contributed by atoms with E-state index in [1.165, 1.54) is 0 Å². The number of ketones is 1. The molecule has 12 heavy (non-hydrogen) atoms. The predicted molar refractivity (Wildman–Crippen MR) is 47.6 cm³/mol. The van der Waals surface area contributed by atoms with Gasteiger partial charge in [-0.25, -0.2) is 4.39 Å². The Morgan fingerprint density at radius 2 is 1.92 bits per heavy atom. The Morgan fingerprint density at radius 3 is 2.58 bits per heavy atom. The predicted octanol–water partition coefficient (Wildman–Crippen LogP) is 3.02. The second-order valence-electron chi connectivity index (χ2n) is 3.09. The molecule has 1 fully saturated rings. The molecule has 1 nitrogen and oxygen atoms in total. The lowest BCUT2D eigenvalue weighted by molar-refractivity contribution is -0.114. The van der Waals surface area contributed by atoms with Crippen LogP contribution in [0.4, 0.5) is 4.39 Å². The minimum atomic E-state index is -0.212. The van der Waals surface area contributed by atoms with E-state index < -0.39 is 0 Å². The zero-order chi connectivity index (χ0) is 8.72. The fourth-order valence-electron chi connectivity index (χ4n) is 1.74. The number of fused-ring (bicyclic) bond motifs is 1. The van der Waals surface area contributed by atoms with Crippen molar-refractivity contribution in [1.82, 2.24) is 0 Å². The zero-order valence-corrected chi connectivity index (χ0v) is 8.08. The van der Waals surface area contributed by atoms with E-state index in [0.717, 1.165) is 10.1 Å². The fourth-order valence-corrected chi connectivity index (χ4v) is 2.33. The maximum Gasteiger partial charge on any atom is 0.166 e. The summed E-state index contributed by atoms with van der Waals surface area (Å²) in [5.74, 6) is -0.241. The Labute approximate surface area is 78.5 Å². The molecule has 0 aromatic carbocycles. The summed E-state index contributed by atoms with van der Waals surface area (Å²) < 4.78 is 14.2. The Hall–Kier alpha value is -0.440. The first kappa shape index (κ1) is 8.17. The first-order valence-electron chi connectivity index (χ1n) is 4.00. The van der Waals surface area contributed by atoms with Gasteiger partial charge >= 0.3 is 0 Å². The molecule has 3 heteroatoms. The van der Waals surface area contributed by atoms with Crippen molar-refractivity contribution in [3.05, 3.63) is 21.5 Å². The van der Waals surface area contributed by atoms with Crippen LogP contribution >= 0.6 is 15.9 Å². The Bertz CT molecular complexity index is 314. The standard InChI is InChI=1S/C9H8BrFO/c10-6-2-3-7(11)9-5(6)1-4-8(9)12/h1-4H2. The third-order valence-electron chi connectivity index (χ3n) is 2.35. The van der Waals surface area contributed by atoms with Crippen molar-refractivity contribution in [3.8, 4) is 0 Å². The number of carbonyl (C=O) groups excluding carboxylic acids is 1. The second-order valence-corrected chi connectivity index (χ2v) is 4.04. The first-order chi connectivity index (χ1) is 5.70. The SMILES string of the molecule is O=C1CCC2=C(Br)CCC(F)=C12. The van der Waals surface area contributed by atoms with Crippen LogP contribution in [0.5, 0.6) is 0 Å². The first-order valence-corrected chi connectivity index (χ1v) is 4.79. The van der Waals surface area contributed by atoms with Gasteiger partial charge in [0.05, 0.1) is 5.57 Å². The summed E-state index contributed by atoms with van der Waals surface area (Å²) in [5, 5.41) is 0. The van der Waals surface area contributed by atoms with Crippen molar-refractivity contribution in [2.45, 2.75) is 25.7 Å². The third kappa shape index (κ3) is 1.07. The molecule has 0 aromatic rings. The van der Waals surface area contributed by atoms with E-state index in [0.29, 0.717) is 31.3 Å². The summed E-state index contributed by atoms with van der Waals surface area (Å²) >= 11 is 3.38. The summed E-state index contributed by atoms with van der Waals surface area (Å²) in [6.45, 7) is 0. The van der Waals surface area contributed by atoms with Crippen molar-refractivity contribution in [3.63, 3.8) is 0 Å². The smallest absolute Gasteiger partial charge is 0.166 e. The lowest BCUT2D eigenvalue weighted by Crippen LogP contribution is -2.01. The van der Waals surface area contributed by atoms with Crippen LogP contribution in [0.25, 0.3) is 0 Å². The molecule has 64 valence electrons. The van der Waals surface area contributed by atoms with E-state index in [2.05, 4.69) is 15.9 Å². The van der Waals surface area contributed by atoms with Crippen molar-refractivity contribution < 1.29 is 9.18 Å². The van der Waals surface area contributed by atoms with E-state index in [4.69, 9.17) is 0 Å². The van der Waals surface area contributed by atoms with Gasteiger partial charge in [0.2, 0.25) is 0 Å². The number of allylic oxidation sites excluding steroid dienone is 4. The largest absolute Gasteiger partial charge is 0.294 e. The van der Waals surface area contributed by atoms with Gasteiger partial charge in [0.15, 0.2) is 5.78 Å². The topological polar surface area (TPSA) is 17.1 Å². The monoisotopic (exact) mass is 230 g/mol. The van der Waals surface area contributed by atoms with E-state index in [1.807, 2.05) is 0 Å². The van der Waals surface area contributed by atoms with Gasteiger partial charge in [-0.3, -0.25) is 4.79 Å². The molecule has 0 radical (unpaired) electrons. The number of hydrogen-bond donors (Lipinski definition) is 0. The Kier molecular flexibility index (Phi) is 1.91. The summed E-state index contributed by atoms with van der Waals surface area (Å²) in [5.41, 5.74) is 1.27. The molecule has 0 aliphatic heterocycles. The quantitative estimate of drug-likeness (QED) is 0.626. The molecule has 0 bridgehead atoms. The van der Waals surface area contributed by atoms with E-state index in [9.17, 15) is 9.18 Å². The maximum absolute atomic E-state index is 13.2. The summed E-state index contributed by atoms with van der Waals surface area (Å²) in [7, 11) is 0. The summed E-state index contributed by atoms with van der Waals surface area (Å²) in [6, 6.07) is 0. The molecule has 0 atom stereocenters. The number of hydrogen-bond acceptors (Lipinski definition) is 1. The zero-order valence-electron chi connectivity index (χ0n) is 6.49. The van der Waals surface area contributed by atoms with Crippen LogP contribution in [-0.4, -0.2) is 5.78 Å². The number of Topliss-reactive ketones (excluding diaryl/α,β-unsaturated/α-hetero) is 1.